The molecule has 2 heterocycles. The van der Waals surface area contributed by atoms with Crippen LogP contribution in [-0.2, 0) is 12.7 Å². The van der Waals surface area contributed by atoms with Gasteiger partial charge < -0.3 is 10.6 Å². The number of anilines is 2. The van der Waals surface area contributed by atoms with Crippen molar-refractivity contribution in [3.63, 3.8) is 0 Å². The van der Waals surface area contributed by atoms with E-state index in [1.807, 2.05) is 12.1 Å². The molecule has 0 aliphatic carbocycles. The smallest absolute Gasteiger partial charge is 0.373 e. The van der Waals surface area contributed by atoms with E-state index < -0.39 is 11.7 Å². The number of halogens is 4. The van der Waals surface area contributed by atoms with E-state index in [1.54, 1.807) is 0 Å². The summed E-state index contributed by atoms with van der Waals surface area (Å²) in [6, 6.07) is 5.77. The lowest BCUT2D eigenvalue weighted by molar-refractivity contribution is -0.137. The maximum atomic E-state index is 12.8. The number of alkyl halides is 3. The number of aromatic nitrogens is 1. The summed E-state index contributed by atoms with van der Waals surface area (Å²) in [6.45, 7) is 0.424. The van der Waals surface area contributed by atoms with E-state index in [0.717, 1.165) is 20.8 Å². The Morgan fingerprint density at radius 1 is 1.25 bits per heavy atom. The van der Waals surface area contributed by atoms with Crippen molar-refractivity contribution in [3.05, 3.63) is 38.5 Å². The highest BCUT2D eigenvalue weighted by Crippen LogP contribution is 2.32. The molecule has 0 fully saturated rings. The Morgan fingerprint density at radius 2 is 1.95 bits per heavy atom. The normalized spacial score (nSPS) is 11.4. The highest BCUT2D eigenvalue weighted by molar-refractivity contribution is 9.11. The summed E-state index contributed by atoms with van der Waals surface area (Å²) < 4.78 is 39.3. The molecule has 8 heteroatoms. The third-order valence-electron chi connectivity index (χ3n) is 2.48. The Kier molecular flexibility index (Phi) is 4.54. The highest BCUT2D eigenvalue weighted by Gasteiger charge is 2.31. The topological polar surface area (TPSA) is 37.0 Å². The van der Waals surface area contributed by atoms with Gasteiger partial charge in [0.1, 0.15) is 11.6 Å². The first-order chi connectivity index (χ1) is 9.38. The molecule has 0 amide bonds. The molecule has 0 unspecified atom stereocenters. The van der Waals surface area contributed by atoms with E-state index in [1.165, 1.54) is 18.4 Å². The fourth-order valence-electron chi connectivity index (χ4n) is 1.54. The van der Waals surface area contributed by atoms with Gasteiger partial charge in [0.05, 0.1) is 15.9 Å². The molecule has 0 saturated carbocycles. The first-order valence-electron chi connectivity index (χ1n) is 5.63. The van der Waals surface area contributed by atoms with E-state index in [0.29, 0.717) is 6.54 Å². The molecule has 2 aromatic rings. The Labute approximate surface area is 126 Å². The zero-order chi connectivity index (χ0) is 14.8. The summed E-state index contributed by atoms with van der Waals surface area (Å²) in [6.07, 6.45) is -4.39. The van der Waals surface area contributed by atoms with Crippen LogP contribution in [-0.4, -0.2) is 12.0 Å². The molecule has 0 aliphatic heterocycles. The minimum atomic E-state index is -4.39. The van der Waals surface area contributed by atoms with Crippen molar-refractivity contribution < 1.29 is 13.2 Å². The quantitative estimate of drug-likeness (QED) is 0.832. The second-order valence-electron chi connectivity index (χ2n) is 3.93. The molecule has 0 atom stereocenters. The van der Waals surface area contributed by atoms with Gasteiger partial charge in [-0.1, -0.05) is 0 Å². The van der Waals surface area contributed by atoms with Crippen LogP contribution in [0.25, 0.3) is 0 Å². The highest BCUT2D eigenvalue weighted by atomic mass is 79.9. The number of thiophene rings is 1. The summed E-state index contributed by atoms with van der Waals surface area (Å²) in [5.41, 5.74) is -0.730. The third-order valence-corrected chi connectivity index (χ3v) is 4.11. The summed E-state index contributed by atoms with van der Waals surface area (Å²) in [5, 5.41) is 5.53. The summed E-state index contributed by atoms with van der Waals surface area (Å²) >= 11 is 4.85. The van der Waals surface area contributed by atoms with Gasteiger partial charge in [-0.3, -0.25) is 0 Å². The molecule has 0 aliphatic rings. The standard InChI is InChI=1S/C12H11BrF3N3S/c1-17-10-4-7(12(14,15)16)5-11(19-10)18-6-8-2-3-9(13)20-8/h2-5H,6H2,1H3,(H2,17,18,19). The molecule has 2 aromatic heterocycles. The van der Waals surface area contributed by atoms with Crippen molar-refractivity contribution in [2.24, 2.45) is 0 Å². The zero-order valence-corrected chi connectivity index (χ0v) is 12.8. The molecule has 108 valence electrons. The van der Waals surface area contributed by atoms with E-state index in [2.05, 4.69) is 31.5 Å². The van der Waals surface area contributed by atoms with Gasteiger partial charge in [0.25, 0.3) is 0 Å². The van der Waals surface area contributed by atoms with E-state index >= 15 is 0 Å². The lowest BCUT2D eigenvalue weighted by Gasteiger charge is -2.12. The first kappa shape index (κ1) is 15.1. The van der Waals surface area contributed by atoms with Crippen molar-refractivity contribution in [1.29, 1.82) is 0 Å². The predicted octanol–water partition coefficient (Wildman–Crippen LogP) is 4.58. The van der Waals surface area contributed by atoms with Crippen molar-refractivity contribution >= 4 is 38.9 Å². The Balaban J connectivity index is 2.18. The van der Waals surface area contributed by atoms with Crippen molar-refractivity contribution in [2.45, 2.75) is 12.7 Å². The predicted molar refractivity (Wildman–Crippen MR) is 78.1 cm³/mol. The Hall–Kier alpha value is -1.28. The van der Waals surface area contributed by atoms with Crippen molar-refractivity contribution in [2.75, 3.05) is 17.7 Å². The van der Waals surface area contributed by atoms with E-state index in [9.17, 15) is 13.2 Å². The van der Waals surface area contributed by atoms with Gasteiger partial charge in [-0.2, -0.15) is 13.2 Å². The van der Waals surface area contributed by atoms with Gasteiger partial charge in [-0.05, 0) is 40.2 Å². The summed E-state index contributed by atoms with van der Waals surface area (Å²) in [5.74, 6) is 0.364. The van der Waals surface area contributed by atoms with Crippen LogP contribution in [0.1, 0.15) is 10.4 Å². The lowest BCUT2D eigenvalue weighted by Crippen LogP contribution is -2.09. The van der Waals surface area contributed by atoms with E-state index in [4.69, 9.17) is 0 Å². The van der Waals surface area contributed by atoms with Crippen LogP contribution >= 0.6 is 27.3 Å². The molecule has 0 aromatic carbocycles. The second-order valence-corrected chi connectivity index (χ2v) is 6.48. The molecule has 0 saturated heterocycles. The molecular formula is C12H11BrF3N3S. The number of hydrogen-bond donors (Lipinski definition) is 2. The van der Waals surface area contributed by atoms with Crippen LogP contribution in [0, 0.1) is 0 Å². The van der Waals surface area contributed by atoms with Crippen molar-refractivity contribution in [3.8, 4) is 0 Å². The minimum Gasteiger partial charge on any atom is -0.373 e. The monoisotopic (exact) mass is 365 g/mol. The average molecular weight is 366 g/mol. The van der Waals surface area contributed by atoms with Gasteiger partial charge in [-0.25, -0.2) is 4.98 Å². The molecule has 20 heavy (non-hydrogen) atoms. The van der Waals surface area contributed by atoms with Crippen LogP contribution in [0.2, 0.25) is 0 Å². The molecular weight excluding hydrogens is 355 g/mol. The van der Waals surface area contributed by atoms with Crippen molar-refractivity contribution in [1.82, 2.24) is 4.98 Å². The summed E-state index contributed by atoms with van der Waals surface area (Å²) in [4.78, 5) is 5.06. The lowest BCUT2D eigenvalue weighted by atomic mass is 10.2. The number of rotatable bonds is 4. The van der Waals surface area contributed by atoms with E-state index in [-0.39, 0.29) is 11.6 Å². The second kappa shape index (κ2) is 6.01. The minimum absolute atomic E-state index is 0.176. The number of hydrogen-bond acceptors (Lipinski definition) is 4. The maximum absolute atomic E-state index is 12.8. The van der Waals surface area contributed by atoms with Gasteiger partial charge in [-0.15, -0.1) is 11.3 Å². The van der Waals surface area contributed by atoms with Gasteiger partial charge >= 0.3 is 6.18 Å². The SMILES string of the molecule is CNc1cc(C(F)(F)F)cc(NCc2ccc(Br)s2)n1. The first-order valence-corrected chi connectivity index (χ1v) is 7.24. The molecule has 2 rings (SSSR count). The molecule has 0 spiro atoms. The molecule has 0 radical (unpaired) electrons. The van der Waals surface area contributed by atoms with Gasteiger partial charge in [0, 0.05) is 11.9 Å². The Morgan fingerprint density at radius 3 is 2.50 bits per heavy atom. The molecule has 2 N–H and O–H groups in total. The van der Waals surface area contributed by atoms with Gasteiger partial charge in [0.15, 0.2) is 0 Å². The molecule has 0 bridgehead atoms. The van der Waals surface area contributed by atoms with Crippen LogP contribution in [0.3, 0.4) is 0 Å². The fourth-order valence-corrected chi connectivity index (χ4v) is 2.96. The summed E-state index contributed by atoms with van der Waals surface area (Å²) in [7, 11) is 1.53. The van der Waals surface area contributed by atoms with Crippen LogP contribution in [0.5, 0.6) is 0 Å². The average Bonchev–Trinajstić information content (AvgIpc) is 2.81. The van der Waals surface area contributed by atoms with Crippen LogP contribution in [0.15, 0.2) is 28.1 Å². The zero-order valence-electron chi connectivity index (χ0n) is 10.4. The number of nitrogens with one attached hydrogen (secondary N) is 2. The maximum Gasteiger partial charge on any atom is 0.416 e. The largest absolute Gasteiger partial charge is 0.416 e. The third kappa shape index (κ3) is 3.86. The van der Waals surface area contributed by atoms with Crippen LogP contribution < -0.4 is 10.6 Å². The fraction of sp³-hybridized carbons (Fsp3) is 0.250. The number of pyridine rings is 1. The number of nitrogens with zero attached hydrogens (tertiary/aromatic N) is 1. The van der Waals surface area contributed by atoms with Crippen LogP contribution in [0.4, 0.5) is 24.8 Å². The Bertz CT molecular complexity index is 598. The molecule has 3 nitrogen and oxygen atoms in total. The van der Waals surface area contributed by atoms with Gasteiger partial charge in [0.2, 0.25) is 0 Å².